The molecule has 2 bridgehead atoms. The lowest BCUT2D eigenvalue weighted by molar-refractivity contribution is -0.120. The summed E-state index contributed by atoms with van der Waals surface area (Å²) in [7, 11) is 3.09. The third kappa shape index (κ3) is 8.26. The van der Waals surface area contributed by atoms with E-state index in [4.69, 9.17) is 25.7 Å². The molecule has 5 atom stereocenters. The number of fused-ring (bicyclic) bond motifs is 2. The second-order valence-electron chi connectivity index (χ2n) is 9.92. The Morgan fingerprint density at radius 2 is 1.76 bits per heavy atom. The SMILES string of the molecule is COC1C[C@H](C)CC2=C(N)C(=O)C=C(NC(=O)/C(C)=C/C=C\C(OC)C(OC(N)=O)/C(C)=C/[C@H](C)C1)C2=O. The quantitative estimate of drug-likeness (QED) is 0.372. The van der Waals surface area contributed by atoms with E-state index in [-0.39, 0.29) is 46.9 Å². The molecule has 10 heteroatoms. The molecule has 1 aliphatic heterocycles. The van der Waals surface area contributed by atoms with Gasteiger partial charge in [0.15, 0.2) is 6.10 Å². The summed E-state index contributed by atoms with van der Waals surface area (Å²) >= 11 is 0. The van der Waals surface area contributed by atoms with Crippen LogP contribution in [-0.4, -0.2) is 56.1 Å². The van der Waals surface area contributed by atoms with Gasteiger partial charge >= 0.3 is 6.09 Å². The van der Waals surface area contributed by atoms with Crippen LogP contribution in [0.5, 0.6) is 0 Å². The molecule has 0 fully saturated rings. The Labute approximate surface area is 223 Å². The fourth-order valence-corrected chi connectivity index (χ4v) is 4.65. The number of nitrogens with one attached hydrogen (secondary N) is 1. The lowest BCUT2D eigenvalue weighted by atomic mass is 9.86. The molecule has 2 aliphatic rings. The number of carbonyl (C=O) groups is 4. The summed E-state index contributed by atoms with van der Waals surface area (Å²) in [5.74, 6) is -1.56. The molecule has 0 aromatic rings. The first kappa shape index (κ1) is 30.7. The fourth-order valence-electron chi connectivity index (χ4n) is 4.65. The van der Waals surface area contributed by atoms with Crippen molar-refractivity contribution in [3.8, 4) is 0 Å². The molecule has 2 amide bonds. The molecular formula is C28H39N3O7. The van der Waals surface area contributed by atoms with E-state index in [0.29, 0.717) is 12.8 Å². The highest BCUT2D eigenvalue weighted by Gasteiger charge is 2.30. The highest BCUT2D eigenvalue weighted by Crippen LogP contribution is 2.27. The molecule has 0 aromatic heterocycles. The van der Waals surface area contributed by atoms with Gasteiger partial charge in [-0.05, 0) is 50.5 Å². The van der Waals surface area contributed by atoms with Gasteiger partial charge in [-0.25, -0.2) is 4.79 Å². The first-order chi connectivity index (χ1) is 17.9. The molecule has 1 heterocycles. The molecule has 208 valence electrons. The lowest BCUT2D eigenvalue weighted by Gasteiger charge is -2.26. The predicted octanol–water partition coefficient (Wildman–Crippen LogP) is 2.75. The van der Waals surface area contributed by atoms with Crippen LogP contribution < -0.4 is 16.8 Å². The van der Waals surface area contributed by atoms with Crippen LogP contribution in [0.15, 0.2) is 58.5 Å². The zero-order chi connectivity index (χ0) is 28.6. The minimum atomic E-state index is -0.939. The number of methoxy groups -OCH3 is 2. The van der Waals surface area contributed by atoms with Crippen LogP contribution in [-0.2, 0) is 28.6 Å². The van der Waals surface area contributed by atoms with E-state index < -0.39 is 35.8 Å². The van der Waals surface area contributed by atoms with E-state index in [1.165, 1.54) is 13.2 Å². The van der Waals surface area contributed by atoms with Crippen LogP contribution in [0.3, 0.4) is 0 Å². The summed E-state index contributed by atoms with van der Waals surface area (Å²) in [4.78, 5) is 50.1. The van der Waals surface area contributed by atoms with Gasteiger partial charge in [-0.15, -0.1) is 0 Å². The van der Waals surface area contributed by atoms with Crippen LogP contribution in [0, 0.1) is 11.8 Å². The van der Waals surface area contributed by atoms with E-state index in [0.717, 1.165) is 11.6 Å². The summed E-state index contributed by atoms with van der Waals surface area (Å²) in [5.41, 5.74) is 12.3. The third-order valence-corrected chi connectivity index (χ3v) is 6.63. The van der Waals surface area contributed by atoms with Gasteiger partial charge in [0.25, 0.3) is 5.91 Å². The molecule has 0 saturated carbocycles. The van der Waals surface area contributed by atoms with Crippen molar-refractivity contribution in [2.24, 2.45) is 23.3 Å². The van der Waals surface area contributed by atoms with E-state index >= 15 is 0 Å². The monoisotopic (exact) mass is 529 g/mol. The van der Waals surface area contributed by atoms with Crippen molar-refractivity contribution in [1.82, 2.24) is 5.32 Å². The van der Waals surface area contributed by atoms with Gasteiger partial charge in [0.05, 0.1) is 17.5 Å². The number of primary amides is 1. The van der Waals surface area contributed by atoms with Crippen LogP contribution in [0.25, 0.3) is 0 Å². The number of Topliss-reactive ketones (excluding diaryl/α,β-unsaturated/α-hetero) is 1. The molecule has 0 saturated heterocycles. The van der Waals surface area contributed by atoms with Gasteiger partial charge in [0, 0.05) is 31.4 Å². The average molecular weight is 530 g/mol. The summed E-state index contributed by atoms with van der Waals surface area (Å²) in [6.07, 6.45) is 6.71. The summed E-state index contributed by atoms with van der Waals surface area (Å²) in [6, 6.07) is 0. The maximum Gasteiger partial charge on any atom is 0.405 e. The van der Waals surface area contributed by atoms with Crippen molar-refractivity contribution < 1.29 is 33.4 Å². The van der Waals surface area contributed by atoms with Gasteiger partial charge in [0.2, 0.25) is 11.6 Å². The van der Waals surface area contributed by atoms with Gasteiger partial charge in [-0.2, -0.15) is 0 Å². The highest BCUT2D eigenvalue weighted by atomic mass is 16.6. The summed E-state index contributed by atoms with van der Waals surface area (Å²) in [5, 5.41) is 2.53. The van der Waals surface area contributed by atoms with Gasteiger partial charge in [-0.3, -0.25) is 14.4 Å². The summed E-state index contributed by atoms with van der Waals surface area (Å²) in [6.45, 7) is 7.36. The smallest absolute Gasteiger partial charge is 0.405 e. The van der Waals surface area contributed by atoms with Crippen molar-refractivity contribution in [3.05, 3.63) is 58.5 Å². The van der Waals surface area contributed by atoms with E-state index in [2.05, 4.69) is 5.32 Å². The number of allylic oxidation sites excluding steroid dienone is 5. The number of nitrogens with two attached hydrogens (primary N) is 2. The average Bonchev–Trinajstić information content (AvgIpc) is 2.85. The number of hydrogen-bond donors (Lipinski definition) is 3. The molecular weight excluding hydrogens is 490 g/mol. The number of ether oxygens (including phenoxy) is 3. The number of ketones is 2. The third-order valence-electron chi connectivity index (χ3n) is 6.63. The minimum absolute atomic E-state index is 0.0374. The van der Waals surface area contributed by atoms with Crippen molar-refractivity contribution >= 4 is 23.6 Å². The highest BCUT2D eigenvalue weighted by molar-refractivity contribution is 6.23. The molecule has 0 spiro atoms. The van der Waals surface area contributed by atoms with Crippen LogP contribution in [0.4, 0.5) is 4.79 Å². The molecule has 0 radical (unpaired) electrons. The maximum absolute atomic E-state index is 13.2. The van der Waals surface area contributed by atoms with E-state index in [1.807, 2.05) is 26.8 Å². The Balaban J connectivity index is 2.52. The first-order valence-electron chi connectivity index (χ1n) is 12.5. The largest absolute Gasteiger partial charge is 0.439 e. The Hall–Kier alpha value is -3.50. The van der Waals surface area contributed by atoms with Gasteiger partial charge < -0.3 is 31.0 Å². The van der Waals surface area contributed by atoms with Crippen LogP contribution >= 0.6 is 0 Å². The number of carbonyl (C=O) groups excluding carboxylic acids is 4. The van der Waals surface area contributed by atoms with Crippen molar-refractivity contribution in [2.75, 3.05) is 14.2 Å². The zero-order valence-corrected chi connectivity index (χ0v) is 22.9. The number of rotatable bonds is 3. The van der Waals surface area contributed by atoms with E-state index in [9.17, 15) is 19.2 Å². The number of hydrogen-bond acceptors (Lipinski definition) is 8. The maximum atomic E-state index is 13.2. The molecule has 5 N–H and O–H groups in total. The van der Waals surface area contributed by atoms with Gasteiger partial charge in [0.1, 0.15) is 6.10 Å². The standard InChI is InChI=1S/C28H39N3O7/c1-15-10-18(4)26(38-28(30)35)23(37-6)9-7-8-17(3)27(34)31-21-14-22(32)24(29)20(25(21)33)13-16(2)12-19(11-15)36-5/h7-10,14-16,19,23,26H,11-13,29H2,1-6H3,(H2,30,35)(H,31,34)/b9-7-,17-8+,18-10+/t15-,16-,19?,23?,26?/m0/s1. The molecule has 10 nitrogen and oxygen atoms in total. The molecule has 0 aromatic carbocycles. The fraction of sp³-hybridized carbons (Fsp3) is 0.500. The molecule has 38 heavy (non-hydrogen) atoms. The Morgan fingerprint density at radius 1 is 1.08 bits per heavy atom. The minimum Gasteiger partial charge on any atom is -0.439 e. The van der Waals surface area contributed by atoms with Crippen molar-refractivity contribution in [2.45, 2.75) is 65.3 Å². The van der Waals surface area contributed by atoms with Crippen LogP contribution in [0.1, 0.15) is 47.0 Å². The van der Waals surface area contributed by atoms with Crippen LogP contribution in [0.2, 0.25) is 0 Å². The Kier molecular flexibility index (Phi) is 11.2. The number of amides is 2. The second-order valence-corrected chi connectivity index (χ2v) is 9.92. The molecule has 2 rings (SSSR count). The van der Waals surface area contributed by atoms with Crippen molar-refractivity contribution in [3.63, 3.8) is 0 Å². The first-order valence-corrected chi connectivity index (χ1v) is 12.5. The predicted molar refractivity (Wildman–Crippen MR) is 142 cm³/mol. The van der Waals surface area contributed by atoms with Gasteiger partial charge in [-0.1, -0.05) is 38.2 Å². The normalized spacial score (nSPS) is 31.9. The lowest BCUT2D eigenvalue weighted by Crippen LogP contribution is -2.35. The Bertz CT molecular complexity index is 1100. The summed E-state index contributed by atoms with van der Waals surface area (Å²) < 4.78 is 16.7. The zero-order valence-electron chi connectivity index (χ0n) is 22.9. The molecule has 1 aliphatic carbocycles. The topological polar surface area (TPSA) is 160 Å². The molecule has 3 unspecified atom stereocenters. The Morgan fingerprint density at radius 3 is 2.37 bits per heavy atom. The van der Waals surface area contributed by atoms with E-state index in [1.54, 1.807) is 26.2 Å². The second kappa shape index (κ2) is 13.9. The van der Waals surface area contributed by atoms with Crippen molar-refractivity contribution in [1.29, 1.82) is 0 Å².